The summed E-state index contributed by atoms with van der Waals surface area (Å²) < 4.78 is 5.54. The lowest BCUT2D eigenvalue weighted by molar-refractivity contribution is 0.0699. The Morgan fingerprint density at radius 3 is 2.71 bits per heavy atom. The monoisotopic (exact) mass is 398 g/mol. The van der Waals surface area contributed by atoms with Crippen LogP contribution in [0, 0.1) is 5.41 Å². The summed E-state index contributed by atoms with van der Waals surface area (Å²) in [5, 5.41) is 13.8. The summed E-state index contributed by atoms with van der Waals surface area (Å²) in [5.41, 5.74) is 2.71. The third-order valence-corrected chi connectivity index (χ3v) is 6.02. The number of benzene rings is 1. The van der Waals surface area contributed by atoms with Crippen molar-refractivity contribution in [2.75, 3.05) is 38.2 Å². The first-order chi connectivity index (χ1) is 13.5. The number of ether oxygens (including phenoxy) is 1. The highest BCUT2D eigenvalue weighted by Gasteiger charge is 2.48. The molecule has 2 saturated heterocycles. The molecule has 144 valence electrons. The molecule has 0 bridgehead atoms. The molecule has 0 amide bonds. The molecule has 2 fully saturated rings. The van der Waals surface area contributed by atoms with Crippen LogP contribution in [-0.2, 0) is 0 Å². The van der Waals surface area contributed by atoms with Gasteiger partial charge in [-0.1, -0.05) is 11.6 Å². The van der Waals surface area contributed by atoms with Gasteiger partial charge in [-0.15, -0.1) is 0 Å². The minimum absolute atomic E-state index is 0.205. The Morgan fingerprint density at radius 2 is 2.07 bits per heavy atom. The SMILES string of the molecule is COc1nc(N2CC3(CNC3)C2)ccc1-c1cc2c(C(=O)O)c[nH]c2cc1Cl. The van der Waals surface area contributed by atoms with Crippen LogP contribution in [0.3, 0.4) is 0 Å². The van der Waals surface area contributed by atoms with E-state index in [1.807, 2.05) is 12.1 Å². The summed E-state index contributed by atoms with van der Waals surface area (Å²) >= 11 is 6.49. The predicted molar refractivity (Wildman–Crippen MR) is 108 cm³/mol. The number of rotatable bonds is 4. The highest BCUT2D eigenvalue weighted by molar-refractivity contribution is 6.34. The molecule has 2 aliphatic rings. The molecule has 3 N–H and O–H groups in total. The number of pyridine rings is 1. The Bertz CT molecular complexity index is 1100. The number of nitrogens with zero attached hydrogens (tertiary/aromatic N) is 2. The molecule has 2 aromatic heterocycles. The van der Waals surface area contributed by atoms with Gasteiger partial charge < -0.3 is 25.0 Å². The van der Waals surface area contributed by atoms with Gasteiger partial charge in [-0.25, -0.2) is 4.79 Å². The lowest BCUT2D eigenvalue weighted by Crippen LogP contribution is -2.71. The van der Waals surface area contributed by atoms with Crippen molar-refractivity contribution in [1.82, 2.24) is 15.3 Å². The van der Waals surface area contributed by atoms with E-state index in [0.717, 1.165) is 37.6 Å². The summed E-state index contributed by atoms with van der Waals surface area (Å²) in [6, 6.07) is 7.40. The highest BCUT2D eigenvalue weighted by Crippen LogP contribution is 2.41. The zero-order chi connectivity index (χ0) is 19.5. The van der Waals surface area contributed by atoms with E-state index >= 15 is 0 Å². The molecule has 0 saturated carbocycles. The first kappa shape index (κ1) is 17.3. The summed E-state index contributed by atoms with van der Waals surface area (Å²) in [7, 11) is 1.58. The number of carbonyl (C=O) groups is 1. The molecule has 3 aromatic rings. The summed E-state index contributed by atoms with van der Waals surface area (Å²) in [5.74, 6) is 0.360. The van der Waals surface area contributed by atoms with Crippen molar-refractivity contribution in [1.29, 1.82) is 0 Å². The van der Waals surface area contributed by atoms with E-state index in [9.17, 15) is 9.90 Å². The van der Waals surface area contributed by atoms with Gasteiger partial charge in [0.05, 0.1) is 17.7 Å². The van der Waals surface area contributed by atoms with E-state index in [0.29, 0.717) is 32.8 Å². The van der Waals surface area contributed by atoms with Gasteiger partial charge in [0.15, 0.2) is 0 Å². The van der Waals surface area contributed by atoms with E-state index in [-0.39, 0.29) is 5.56 Å². The molecule has 5 rings (SSSR count). The van der Waals surface area contributed by atoms with Gasteiger partial charge in [0.1, 0.15) is 5.82 Å². The number of carboxylic acids is 1. The molecule has 0 aliphatic carbocycles. The third kappa shape index (κ3) is 2.54. The fraction of sp³-hybridized carbons (Fsp3) is 0.300. The van der Waals surface area contributed by atoms with Crippen LogP contribution in [0.4, 0.5) is 5.82 Å². The van der Waals surface area contributed by atoms with E-state index in [2.05, 4.69) is 20.2 Å². The van der Waals surface area contributed by atoms with Crippen molar-refractivity contribution in [2.45, 2.75) is 0 Å². The van der Waals surface area contributed by atoms with Crippen LogP contribution in [0.5, 0.6) is 5.88 Å². The zero-order valence-electron chi connectivity index (χ0n) is 15.3. The van der Waals surface area contributed by atoms with Crippen LogP contribution in [0.1, 0.15) is 10.4 Å². The lowest BCUT2D eigenvalue weighted by Gasteiger charge is -2.56. The van der Waals surface area contributed by atoms with Crippen molar-refractivity contribution in [2.24, 2.45) is 5.41 Å². The topological polar surface area (TPSA) is 90.5 Å². The first-order valence-corrected chi connectivity index (χ1v) is 9.42. The molecule has 28 heavy (non-hydrogen) atoms. The van der Waals surface area contributed by atoms with Crippen molar-refractivity contribution in [3.8, 4) is 17.0 Å². The maximum Gasteiger partial charge on any atom is 0.337 e. The van der Waals surface area contributed by atoms with Crippen molar-refractivity contribution < 1.29 is 14.6 Å². The number of halogens is 1. The number of H-pyrrole nitrogens is 1. The summed E-state index contributed by atoms with van der Waals surface area (Å²) in [6.07, 6.45) is 1.47. The smallest absolute Gasteiger partial charge is 0.337 e. The zero-order valence-corrected chi connectivity index (χ0v) is 16.0. The van der Waals surface area contributed by atoms with Crippen LogP contribution in [-0.4, -0.2) is 54.3 Å². The molecule has 7 nitrogen and oxygen atoms in total. The van der Waals surface area contributed by atoms with Crippen molar-refractivity contribution in [3.63, 3.8) is 0 Å². The van der Waals surface area contributed by atoms with Crippen LogP contribution >= 0.6 is 11.6 Å². The second-order valence-electron chi connectivity index (χ2n) is 7.57. The normalized spacial score (nSPS) is 17.4. The third-order valence-electron chi connectivity index (χ3n) is 5.71. The van der Waals surface area contributed by atoms with Gasteiger partial charge in [0, 0.05) is 59.8 Å². The number of hydrogen-bond acceptors (Lipinski definition) is 5. The average Bonchev–Trinajstić information content (AvgIpc) is 3.01. The maximum atomic E-state index is 11.5. The number of anilines is 1. The Kier molecular flexibility index (Phi) is 3.79. The molecule has 4 heterocycles. The Morgan fingerprint density at radius 1 is 1.29 bits per heavy atom. The minimum atomic E-state index is -0.989. The number of fused-ring (bicyclic) bond motifs is 1. The molecule has 0 atom stereocenters. The van der Waals surface area contributed by atoms with E-state index in [1.54, 1.807) is 19.2 Å². The molecule has 1 spiro atoms. The van der Waals surface area contributed by atoms with E-state index in [1.165, 1.54) is 6.20 Å². The van der Waals surface area contributed by atoms with Crippen LogP contribution in [0.25, 0.3) is 22.0 Å². The Labute approximate surface area is 166 Å². The number of aromatic amines is 1. The second kappa shape index (κ2) is 6.12. The molecule has 2 aliphatic heterocycles. The number of aromatic carboxylic acids is 1. The van der Waals surface area contributed by atoms with Gasteiger partial charge in [-0.3, -0.25) is 0 Å². The highest BCUT2D eigenvalue weighted by atomic mass is 35.5. The van der Waals surface area contributed by atoms with Gasteiger partial charge >= 0.3 is 5.97 Å². The number of aromatic nitrogens is 2. The van der Waals surface area contributed by atoms with Crippen LogP contribution in [0.15, 0.2) is 30.5 Å². The summed E-state index contributed by atoms with van der Waals surface area (Å²) in [4.78, 5) is 21.3. The average molecular weight is 399 g/mol. The van der Waals surface area contributed by atoms with Crippen LogP contribution in [0.2, 0.25) is 5.02 Å². The van der Waals surface area contributed by atoms with Gasteiger partial charge in [0.25, 0.3) is 0 Å². The van der Waals surface area contributed by atoms with Crippen molar-refractivity contribution >= 4 is 34.3 Å². The van der Waals surface area contributed by atoms with Gasteiger partial charge in [0.2, 0.25) is 5.88 Å². The van der Waals surface area contributed by atoms with E-state index < -0.39 is 5.97 Å². The largest absolute Gasteiger partial charge is 0.480 e. The van der Waals surface area contributed by atoms with Crippen LogP contribution < -0.4 is 15.0 Å². The number of hydrogen-bond donors (Lipinski definition) is 3. The lowest BCUT2D eigenvalue weighted by atomic mass is 9.74. The van der Waals surface area contributed by atoms with Gasteiger partial charge in [-0.2, -0.15) is 4.98 Å². The minimum Gasteiger partial charge on any atom is -0.480 e. The molecular weight excluding hydrogens is 380 g/mol. The van der Waals surface area contributed by atoms with Crippen molar-refractivity contribution in [3.05, 3.63) is 41.0 Å². The fourth-order valence-electron chi connectivity index (χ4n) is 4.12. The Balaban J connectivity index is 1.54. The number of nitrogens with one attached hydrogen (secondary N) is 2. The maximum absolute atomic E-state index is 11.5. The molecule has 0 unspecified atom stereocenters. The fourth-order valence-corrected chi connectivity index (χ4v) is 4.39. The number of carboxylic acid groups (broad SMARTS) is 1. The molecule has 8 heteroatoms. The quantitative estimate of drug-likeness (QED) is 0.626. The molecule has 1 aromatic carbocycles. The Hall–Kier alpha value is -2.77. The van der Waals surface area contributed by atoms with Gasteiger partial charge in [-0.05, 0) is 24.3 Å². The standard InChI is InChI=1S/C20H19ClN4O3/c1-28-18-11(2-3-17(24-18)25-9-20(10-25)7-22-8-20)12-4-13-14(19(26)27)6-23-16(13)5-15(12)21/h2-6,22-23H,7-10H2,1H3,(H,26,27). The predicted octanol–water partition coefficient (Wildman–Crippen LogP) is 3.00. The second-order valence-corrected chi connectivity index (χ2v) is 7.98. The summed E-state index contributed by atoms with van der Waals surface area (Å²) in [6.45, 7) is 4.12. The molecule has 0 radical (unpaired) electrons. The molecular formula is C20H19ClN4O3. The van der Waals surface area contributed by atoms with E-state index in [4.69, 9.17) is 16.3 Å². The first-order valence-electron chi connectivity index (χ1n) is 9.05. The number of methoxy groups -OCH3 is 1.